The summed E-state index contributed by atoms with van der Waals surface area (Å²) in [5.74, 6) is -0.610. The highest BCUT2D eigenvalue weighted by Gasteiger charge is 2.32. The van der Waals surface area contributed by atoms with E-state index < -0.39 is 35.5 Å². The number of nitrogens with zero attached hydrogens (tertiary/aromatic N) is 3. The molecule has 3 N–H and O–H groups in total. The molecule has 1 amide bonds. The van der Waals surface area contributed by atoms with Crippen LogP contribution in [0, 0.1) is 0 Å². The normalized spacial score (nSPS) is 18.5. The van der Waals surface area contributed by atoms with Gasteiger partial charge in [-0.15, -0.1) is 0 Å². The van der Waals surface area contributed by atoms with Gasteiger partial charge in [-0.1, -0.05) is 5.16 Å². The summed E-state index contributed by atoms with van der Waals surface area (Å²) in [7, 11) is 0. The fourth-order valence-corrected chi connectivity index (χ4v) is 4.47. The first kappa shape index (κ1) is 26.0. The number of hydrogen-bond acceptors (Lipinski definition) is 8. The molecule has 0 spiro atoms. The molecule has 5 rings (SSSR count). The molecule has 1 aromatic carbocycles. The van der Waals surface area contributed by atoms with E-state index >= 15 is 0 Å². The molecule has 2 fully saturated rings. The Labute approximate surface area is 215 Å². The Balaban J connectivity index is 1.35. The Morgan fingerprint density at radius 1 is 1.21 bits per heavy atom. The molecule has 2 aliphatic rings. The van der Waals surface area contributed by atoms with E-state index in [-0.39, 0.29) is 22.8 Å². The summed E-state index contributed by atoms with van der Waals surface area (Å²) >= 11 is 0. The number of pyridine rings is 1. The molecule has 3 aromatic rings. The van der Waals surface area contributed by atoms with Crippen LogP contribution in [0.3, 0.4) is 0 Å². The number of aliphatic hydroxyl groups excluding tert-OH is 1. The second-order valence-electron chi connectivity index (χ2n) is 9.59. The van der Waals surface area contributed by atoms with Crippen molar-refractivity contribution in [3.63, 3.8) is 0 Å². The van der Waals surface area contributed by atoms with Gasteiger partial charge in [-0.2, -0.15) is 13.2 Å². The summed E-state index contributed by atoms with van der Waals surface area (Å²) in [5, 5.41) is 26.6. The number of hydrogen-bond donors (Lipinski definition) is 3. The smallest absolute Gasteiger partial charge is 0.416 e. The fourth-order valence-electron chi connectivity index (χ4n) is 4.47. The zero-order valence-electron chi connectivity index (χ0n) is 20.3. The Kier molecular flexibility index (Phi) is 7.26. The molecular formula is C26H27F3N4O5. The molecule has 1 aliphatic heterocycles. The Hall–Kier alpha value is -3.64. The van der Waals surface area contributed by atoms with Crippen LogP contribution in [-0.4, -0.2) is 63.6 Å². The summed E-state index contributed by atoms with van der Waals surface area (Å²) in [6.45, 7) is 1.93. The van der Waals surface area contributed by atoms with Gasteiger partial charge in [-0.05, 0) is 69.1 Å². The molecule has 0 bridgehead atoms. The minimum Gasteiger partial charge on any atom is -0.474 e. The van der Waals surface area contributed by atoms with Crippen LogP contribution in [0.1, 0.15) is 48.7 Å². The molecule has 0 unspecified atom stereocenters. The van der Waals surface area contributed by atoms with Gasteiger partial charge >= 0.3 is 6.18 Å². The first-order valence-corrected chi connectivity index (χ1v) is 12.4. The van der Waals surface area contributed by atoms with Gasteiger partial charge in [-0.3, -0.25) is 4.79 Å². The van der Waals surface area contributed by atoms with Crippen LogP contribution >= 0.6 is 0 Å². The topological polar surface area (TPSA) is 120 Å². The third-order valence-electron chi connectivity index (χ3n) is 6.66. The number of rotatable bonds is 9. The molecule has 3 heterocycles. The number of aliphatic hydroxyl groups is 1. The summed E-state index contributed by atoms with van der Waals surface area (Å²) in [6.07, 6.45) is -0.0702. The quantitative estimate of drug-likeness (QED) is 0.217. The van der Waals surface area contributed by atoms with E-state index in [1.165, 1.54) is 12.3 Å². The Morgan fingerprint density at radius 2 is 1.97 bits per heavy atom. The standard InChI is InChI=1S/C26H27F3N4O5/c27-26(28,29)17-4-7-20-16(11-17)12-21(38-20)23(32-36)25(35)31-19(14-33-9-1-2-10-33)24(34)15-3-8-22(30-13-15)37-18-5-6-18/h3-4,7-8,11-13,18-19,24,34,36H,1-2,5-6,9-10,14H2,(H,31,35)/t19-,24-/m1/s1. The zero-order chi connectivity index (χ0) is 26.9. The lowest BCUT2D eigenvalue weighted by molar-refractivity contribution is -0.137. The van der Waals surface area contributed by atoms with Crippen molar-refractivity contribution in [2.24, 2.45) is 5.16 Å². The van der Waals surface area contributed by atoms with Gasteiger partial charge in [0, 0.05) is 29.8 Å². The van der Waals surface area contributed by atoms with E-state index in [0.717, 1.165) is 57.0 Å². The monoisotopic (exact) mass is 532 g/mol. The van der Waals surface area contributed by atoms with Crippen molar-refractivity contribution in [3.8, 4) is 5.88 Å². The summed E-state index contributed by atoms with van der Waals surface area (Å²) in [5.41, 5.74) is -0.848. The third-order valence-corrected chi connectivity index (χ3v) is 6.66. The number of aromatic nitrogens is 1. The predicted molar refractivity (Wildman–Crippen MR) is 130 cm³/mol. The van der Waals surface area contributed by atoms with Crippen molar-refractivity contribution < 1.29 is 37.4 Å². The van der Waals surface area contributed by atoms with Crippen molar-refractivity contribution in [2.75, 3.05) is 19.6 Å². The minimum absolute atomic E-state index is 0.0928. The number of likely N-dealkylation sites (tertiary alicyclic amines) is 1. The molecule has 2 atom stereocenters. The average Bonchev–Trinajstić information content (AvgIpc) is 3.36. The number of amides is 1. The number of alkyl halides is 3. The second-order valence-corrected chi connectivity index (χ2v) is 9.59. The molecule has 1 aliphatic carbocycles. The van der Waals surface area contributed by atoms with Gasteiger partial charge in [0.15, 0.2) is 5.76 Å². The molecule has 9 nitrogen and oxygen atoms in total. The van der Waals surface area contributed by atoms with Crippen molar-refractivity contribution >= 4 is 22.6 Å². The number of oxime groups is 1. The second kappa shape index (κ2) is 10.6. The van der Waals surface area contributed by atoms with Crippen LogP contribution in [0.2, 0.25) is 0 Å². The summed E-state index contributed by atoms with van der Waals surface area (Å²) < 4.78 is 50.4. The molecular weight excluding hydrogens is 505 g/mol. The fraction of sp³-hybridized carbons (Fsp3) is 0.423. The molecule has 2 aromatic heterocycles. The number of carbonyl (C=O) groups is 1. The molecule has 38 heavy (non-hydrogen) atoms. The van der Waals surface area contributed by atoms with Crippen molar-refractivity contribution in [2.45, 2.75) is 50.1 Å². The highest BCUT2D eigenvalue weighted by atomic mass is 19.4. The first-order valence-electron chi connectivity index (χ1n) is 12.4. The van der Waals surface area contributed by atoms with Crippen LogP contribution in [0.5, 0.6) is 5.88 Å². The lowest BCUT2D eigenvalue weighted by Gasteiger charge is -2.28. The maximum atomic E-state index is 13.2. The van der Waals surface area contributed by atoms with Crippen LogP contribution < -0.4 is 10.1 Å². The first-order chi connectivity index (χ1) is 18.2. The van der Waals surface area contributed by atoms with E-state index in [1.807, 2.05) is 0 Å². The predicted octanol–water partition coefficient (Wildman–Crippen LogP) is 3.88. The largest absolute Gasteiger partial charge is 0.474 e. The van der Waals surface area contributed by atoms with Crippen LogP contribution in [0.4, 0.5) is 13.2 Å². The maximum Gasteiger partial charge on any atom is 0.416 e. The Morgan fingerprint density at radius 3 is 2.61 bits per heavy atom. The van der Waals surface area contributed by atoms with Gasteiger partial charge in [0.2, 0.25) is 11.6 Å². The number of carbonyl (C=O) groups excluding carboxylic acids is 1. The average molecular weight is 533 g/mol. The van der Waals surface area contributed by atoms with Gasteiger partial charge in [0.25, 0.3) is 5.91 Å². The molecule has 0 radical (unpaired) electrons. The van der Waals surface area contributed by atoms with Crippen LogP contribution in [0.25, 0.3) is 11.0 Å². The minimum atomic E-state index is -4.55. The number of furan rings is 1. The van der Waals surface area contributed by atoms with Crippen molar-refractivity contribution in [3.05, 3.63) is 59.5 Å². The highest BCUT2D eigenvalue weighted by molar-refractivity contribution is 6.44. The maximum absolute atomic E-state index is 13.2. The SMILES string of the molecule is O=C(N[C@H](CN1CCCC1)[C@H](O)c1ccc(OC2CC2)nc1)C(=NO)c1cc2cc(C(F)(F)F)ccc2o1. The van der Waals surface area contributed by atoms with E-state index in [9.17, 15) is 28.3 Å². The van der Waals surface area contributed by atoms with E-state index in [1.54, 1.807) is 12.1 Å². The van der Waals surface area contributed by atoms with E-state index in [2.05, 4.69) is 20.4 Å². The number of benzene rings is 1. The number of halogens is 3. The van der Waals surface area contributed by atoms with Gasteiger partial charge in [0.05, 0.1) is 11.6 Å². The number of fused-ring (bicyclic) bond motifs is 1. The van der Waals surface area contributed by atoms with Gasteiger partial charge < -0.3 is 29.7 Å². The Bertz CT molecular complexity index is 1310. The van der Waals surface area contributed by atoms with Crippen LogP contribution in [-0.2, 0) is 11.0 Å². The molecule has 202 valence electrons. The number of ether oxygens (including phenoxy) is 1. The molecule has 1 saturated heterocycles. The third kappa shape index (κ3) is 5.91. The van der Waals surface area contributed by atoms with E-state index in [0.29, 0.717) is 18.0 Å². The lowest BCUT2D eigenvalue weighted by Crippen LogP contribution is -2.48. The van der Waals surface area contributed by atoms with Gasteiger partial charge in [0.1, 0.15) is 17.8 Å². The van der Waals surface area contributed by atoms with E-state index in [4.69, 9.17) is 9.15 Å². The lowest BCUT2D eigenvalue weighted by atomic mass is 10.0. The van der Waals surface area contributed by atoms with Crippen molar-refractivity contribution in [1.29, 1.82) is 0 Å². The molecule has 1 saturated carbocycles. The number of nitrogens with one attached hydrogen (secondary N) is 1. The van der Waals surface area contributed by atoms with Crippen LogP contribution in [0.15, 0.2) is 52.2 Å². The summed E-state index contributed by atoms with van der Waals surface area (Å²) in [6, 6.07) is 6.62. The highest BCUT2D eigenvalue weighted by Crippen LogP contribution is 2.32. The molecule has 12 heteroatoms. The van der Waals surface area contributed by atoms with Gasteiger partial charge in [-0.25, -0.2) is 4.98 Å². The summed E-state index contributed by atoms with van der Waals surface area (Å²) in [4.78, 5) is 19.5. The zero-order valence-corrected chi connectivity index (χ0v) is 20.3. The van der Waals surface area contributed by atoms with Crippen molar-refractivity contribution in [1.82, 2.24) is 15.2 Å².